The smallest absolute Gasteiger partial charge is 0.477 e. The summed E-state index contributed by atoms with van der Waals surface area (Å²) >= 11 is 0. The summed E-state index contributed by atoms with van der Waals surface area (Å²) in [5.41, 5.74) is -0.522. The maximum Gasteiger partial charge on any atom is 0.573 e. The molecule has 0 fully saturated rings. The van der Waals surface area contributed by atoms with Gasteiger partial charge in [0.15, 0.2) is 0 Å². The molecule has 2 aromatic rings. The number of halogens is 5. The van der Waals surface area contributed by atoms with Crippen molar-refractivity contribution in [2.45, 2.75) is 13.3 Å². The van der Waals surface area contributed by atoms with Crippen LogP contribution in [-0.4, -0.2) is 24.9 Å². The summed E-state index contributed by atoms with van der Waals surface area (Å²) in [6, 6.07) is 6.29. The van der Waals surface area contributed by atoms with Crippen molar-refractivity contribution in [3.05, 3.63) is 59.7 Å². The third-order valence-electron chi connectivity index (χ3n) is 3.00. The Labute approximate surface area is 150 Å². The van der Waals surface area contributed by atoms with Crippen molar-refractivity contribution in [2.75, 3.05) is 11.9 Å². The third-order valence-corrected chi connectivity index (χ3v) is 3.00. The van der Waals surface area contributed by atoms with Gasteiger partial charge in [0.2, 0.25) is 5.90 Å². The molecule has 0 saturated carbocycles. The molecule has 2 rings (SSSR count). The van der Waals surface area contributed by atoms with Gasteiger partial charge in [-0.1, -0.05) is 6.07 Å². The summed E-state index contributed by atoms with van der Waals surface area (Å²) in [5, 5.41) is 2.24. The molecular weight excluding hydrogens is 375 g/mol. The fraction of sp³-hybridized carbons (Fsp3) is 0.176. The minimum absolute atomic E-state index is 0.0105. The van der Waals surface area contributed by atoms with Crippen LogP contribution in [0.15, 0.2) is 47.5 Å². The van der Waals surface area contributed by atoms with Crippen molar-refractivity contribution >= 4 is 17.6 Å². The number of carbonyl (C=O) groups excluding carboxylic acids is 1. The second-order valence-corrected chi connectivity index (χ2v) is 4.95. The molecule has 2 aromatic carbocycles. The normalized spacial score (nSPS) is 11.9. The van der Waals surface area contributed by atoms with Gasteiger partial charge in [-0.25, -0.2) is 13.6 Å². The van der Waals surface area contributed by atoms with Crippen molar-refractivity contribution in [1.82, 2.24) is 0 Å². The molecule has 1 N–H and O–H groups in total. The molecular formula is C17H13F5N2O3. The van der Waals surface area contributed by atoms with E-state index in [0.717, 1.165) is 42.5 Å². The maximum absolute atomic E-state index is 13.8. The lowest BCUT2D eigenvalue weighted by molar-refractivity contribution is -0.274. The minimum Gasteiger partial charge on any atom is -0.477 e. The summed E-state index contributed by atoms with van der Waals surface area (Å²) in [5.74, 6) is -2.98. The minimum atomic E-state index is -4.84. The van der Waals surface area contributed by atoms with Crippen LogP contribution in [0.2, 0.25) is 0 Å². The van der Waals surface area contributed by atoms with Crippen LogP contribution in [0.5, 0.6) is 5.75 Å². The highest BCUT2D eigenvalue weighted by atomic mass is 19.4. The topological polar surface area (TPSA) is 59.9 Å². The Morgan fingerprint density at radius 1 is 1.07 bits per heavy atom. The predicted molar refractivity (Wildman–Crippen MR) is 86.7 cm³/mol. The van der Waals surface area contributed by atoms with Gasteiger partial charge in [-0.15, -0.1) is 13.2 Å². The van der Waals surface area contributed by atoms with Crippen LogP contribution in [0.3, 0.4) is 0 Å². The van der Waals surface area contributed by atoms with E-state index in [1.807, 2.05) is 0 Å². The molecule has 0 radical (unpaired) electrons. The quantitative estimate of drug-likeness (QED) is 0.461. The Hall–Kier alpha value is -3.17. The van der Waals surface area contributed by atoms with Crippen molar-refractivity contribution in [2.24, 2.45) is 4.99 Å². The number of nitrogens with zero attached hydrogens (tertiary/aromatic N) is 1. The number of hydrogen-bond donors (Lipinski definition) is 1. The Kier molecular flexibility index (Phi) is 6.32. The van der Waals surface area contributed by atoms with E-state index in [0.29, 0.717) is 0 Å². The van der Waals surface area contributed by atoms with Crippen LogP contribution >= 0.6 is 0 Å². The lowest BCUT2D eigenvalue weighted by atomic mass is 10.2. The molecule has 27 heavy (non-hydrogen) atoms. The Morgan fingerprint density at radius 2 is 1.67 bits per heavy atom. The van der Waals surface area contributed by atoms with Crippen molar-refractivity contribution < 1.29 is 36.2 Å². The lowest BCUT2D eigenvalue weighted by Gasteiger charge is -2.10. The van der Waals surface area contributed by atoms with Crippen LogP contribution in [0.1, 0.15) is 12.5 Å². The van der Waals surface area contributed by atoms with Gasteiger partial charge < -0.3 is 14.8 Å². The number of amides is 2. The zero-order valence-corrected chi connectivity index (χ0v) is 13.8. The molecule has 0 aliphatic carbocycles. The number of nitrogens with one attached hydrogen (secondary N) is 1. The lowest BCUT2D eigenvalue weighted by Crippen LogP contribution is -2.17. The predicted octanol–water partition coefficient (Wildman–Crippen LogP) is 4.88. The van der Waals surface area contributed by atoms with E-state index in [-0.39, 0.29) is 12.3 Å². The van der Waals surface area contributed by atoms with E-state index < -0.39 is 41.2 Å². The summed E-state index contributed by atoms with van der Waals surface area (Å²) in [6.07, 6.45) is -4.84. The van der Waals surface area contributed by atoms with Gasteiger partial charge in [-0.05, 0) is 43.3 Å². The van der Waals surface area contributed by atoms with Crippen LogP contribution < -0.4 is 10.1 Å². The molecule has 144 valence electrons. The van der Waals surface area contributed by atoms with Gasteiger partial charge in [0.05, 0.1) is 6.61 Å². The average molecular weight is 388 g/mol. The molecule has 0 aliphatic rings. The number of ether oxygens (including phenoxy) is 2. The first-order valence-corrected chi connectivity index (χ1v) is 7.52. The van der Waals surface area contributed by atoms with Crippen LogP contribution in [0.25, 0.3) is 0 Å². The molecule has 0 spiro atoms. The van der Waals surface area contributed by atoms with E-state index in [2.05, 4.69) is 15.0 Å². The largest absolute Gasteiger partial charge is 0.573 e. The van der Waals surface area contributed by atoms with Crippen LogP contribution in [-0.2, 0) is 4.74 Å². The highest BCUT2D eigenvalue weighted by molar-refractivity contribution is 6.04. The fourth-order valence-electron chi connectivity index (χ4n) is 1.98. The number of benzene rings is 2. The number of urea groups is 1. The molecule has 0 aliphatic heterocycles. The summed E-state index contributed by atoms with van der Waals surface area (Å²) < 4.78 is 72.7. The van der Waals surface area contributed by atoms with Gasteiger partial charge in [0.1, 0.15) is 22.9 Å². The standard InChI is InChI=1S/C17H13F5N2O3/c1-2-26-15(14-12(18)4-3-5-13(14)19)24-16(25)23-10-6-8-11(9-7-10)27-17(20,21)22/h3-9H,2H2,1H3,(H,23,25). The zero-order valence-electron chi connectivity index (χ0n) is 13.8. The second kappa shape index (κ2) is 8.47. The van der Waals surface area contributed by atoms with E-state index >= 15 is 0 Å². The SMILES string of the molecule is CCOC(=NC(=O)Nc1ccc(OC(F)(F)F)cc1)c1c(F)cccc1F. The molecule has 0 aromatic heterocycles. The average Bonchev–Trinajstić information content (AvgIpc) is 2.55. The van der Waals surface area contributed by atoms with E-state index in [4.69, 9.17) is 4.74 Å². The summed E-state index contributed by atoms with van der Waals surface area (Å²) in [7, 11) is 0. The summed E-state index contributed by atoms with van der Waals surface area (Å²) in [4.78, 5) is 15.5. The number of rotatable bonds is 4. The van der Waals surface area contributed by atoms with E-state index in [1.54, 1.807) is 0 Å². The number of hydrogen-bond acceptors (Lipinski definition) is 3. The fourth-order valence-corrected chi connectivity index (χ4v) is 1.98. The number of carbonyl (C=O) groups is 1. The molecule has 0 atom stereocenters. The van der Waals surface area contributed by atoms with Crippen molar-refractivity contribution in [1.29, 1.82) is 0 Å². The van der Waals surface area contributed by atoms with Gasteiger partial charge >= 0.3 is 12.4 Å². The Morgan fingerprint density at radius 3 is 2.19 bits per heavy atom. The van der Waals surface area contributed by atoms with E-state index in [9.17, 15) is 26.7 Å². The molecule has 5 nitrogen and oxygen atoms in total. The Balaban J connectivity index is 2.18. The first kappa shape index (κ1) is 20.1. The Bertz CT molecular complexity index is 815. The monoisotopic (exact) mass is 388 g/mol. The van der Waals surface area contributed by atoms with Gasteiger partial charge in [0, 0.05) is 5.69 Å². The molecule has 0 saturated heterocycles. The summed E-state index contributed by atoms with van der Waals surface area (Å²) in [6.45, 7) is 1.52. The van der Waals surface area contributed by atoms with Gasteiger partial charge in [-0.3, -0.25) is 0 Å². The molecule has 10 heteroatoms. The molecule has 0 bridgehead atoms. The van der Waals surface area contributed by atoms with Gasteiger partial charge in [0.25, 0.3) is 0 Å². The number of anilines is 1. The number of aliphatic imine (C=N–C) groups is 1. The molecule has 2 amide bonds. The highest BCUT2D eigenvalue weighted by Crippen LogP contribution is 2.24. The van der Waals surface area contributed by atoms with E-state index in [1.165, 1.54) is 6.92 Å². The van der Waals surface area contributed by atoms with Crippen molar-refractivity contribution in [3.8, 4) is 5.75 Å². The van der Waals surface area contributed by atoms with Crippen molar-refractivity contribution in [3.63, 3.8) is 0 Å². The first-order chi connectivity index (χ1) is 12.7. The van der Waals surface area contributed by atoms with Crippen LogP contribution in [0.4, 0.5) is 32.4 Å². The first-order valence-electron chi connectivity index (χ1n) is 7.52. The molecule has 0 unspecified atom stereocenters. The number of alkyl halides is 3. The maximum atomic E-state index is 13.8. The highest BCUT2D eigenvalue weighted by Gasteiger charge is 2.31. The van der Waals surface area contributed by atoms with Gasteiger partial charge in [-0.2, -0.15) is 4.99 Å². The molecule has 0 heterocycles. The second-order valence-electron chi connectivity index (χ2n) is 4.95. The van der Waals surface area contributed by atoms with Crippen LogP contribution in [0, 0.1) is 11.6 Å². The zero-order chi connectivity index (χ0) is 20.0. The third kappa shape index (κ3) is 5.94.